The van der Waals surface area contributed by atoms with E-state index in [1.807, 2.05) is 0 Å². The summed E-state index contributed by atoms with van der Waals surface area (Å²) < 4.78 is 7.11. The summed E-state index contributed by atoms with van der Waals surface area (Å²) in [6, 6.07) is 76.6. The first-order valence-corrected chi connectivity index (χ1v) is 18.9. The molecule has 0 N–H and O–H groups in total. The van der Waals surface area contributed by atoms with Crippen LogP contribution in [0, 0.1) is 0 Å². The molecule has 2 heteroatoms. The van der Waals surface area contributed by atoms with Crippen molar-refractivity contribution in [1.29, 1.82) is 0 Å². The number of nitrogens with zero attached hydrogens (tertiary/aromatic N) is 1. The highest BCUT2D eigenvalue weighted by Gasteiger charge is 2.51. The summed E-state index contributed by atoms with van der Waals surface area (Å²) in [7, 11) is 0. The van der Waals surface area contributed by atoms with E-state index in [1.165, 1.54) is 49.7 Å². The van der Waals surface area contributed by atoms with Crippen LogP contribution in [0.5, 0.6) is 11.5 Å². The number of para-hydroxylation sites is 4. The Hall–Kier alpha value is -7.16. The fourth-order valence-electron chi connectivity index (χ4n) is 9.26. The molecule has 9 aromatic rings. The molecule has 0 saturated carbocycles. The van der Waals surface area contributed by atoms with Gasteiger partial charge in [0.1, 0.15) is 11.5 Å². The maximum absolute atomic E-state index is 7.11. The maximum atomic E-state index is 7.11. The van der Waals surface area contributed by atoms with Gasteiger partial charge >= 0.3 is 0 Å². The van der Waals surface area contributed by atoms with E-state index in [-0.39, 0.29) is 0 Å². The molecule has 55 heavy (non-hydrogen) atoms. The van der Waals surface area contributed by atoms with Crippen LogP contribution < -0.4 is 9.64 Å². The largest absolute Gasteiger partial charge is 0.456 e. The molecule has 1 heterocycles. The van der Waals surface area contributed by atoms with Gasteiger partial charge in [0.25, 0.3) is 0 Å². The van der Waals surface area contributed by atoms with Crippen molar-refractivity contribution < 1.29 is 4.74 Å². The Morgan fingerprint density at radius 1 is 0.345 bits per heavy atom. The van der Waals surface area contributed by atoms with Gasteiger partial charge in [0.05, 0.1) is 11.1 Å². The first kappa shape index (κ1) is 31.4. The number of hydrogen-bond acceptors (Lipinski definition) is 2. The molecular formula is C53H35NO. The smallest absolute Gasteiger partial charge is 0.140 e. The molecule has 0 bridgehead atoms. The lowest BCUT2D eigenvalue weighted by Crippen LogP contribution is -2.32. The minimum absolute atomic E-state index is 0.529. The average Bonchev–Trinajstić information content (AvgIpc) is 3.55. The molecule has 0 fully saturated rings. The maximum Gasteiger partial charge on any atom is 0.140 e. The van der Waals surface area contributed by atoms with E-state index in [0.29, 0.717) is 0 Å². The summed E-state index contributed by atoms with van der Waals surface area (Å²) in [6.07, 6.45) is 0. The molecule has 1 spiro atoms. The summed E-state index contributed by atoms with van der Waals surface area (Å²) in [4.78, 5) is 2.37. The van der Waals surface area contributed by atoms with Gasteiger partial charge in [0, 0.05) is 33.6 Å². The summed E-state index contributed by atoms with van der Waals surface area (Å²) in [6.45, 7) is 0. The number of benzene rings is 9. The fourth-order valence-corrected chi connectivity index (χ4v) is 9.26. The van der Waals surface area contributed by atoms with Gasteiger partial charge in [0.15, 0.2) is 0 Å². The van der Waals surface area contributed by atoms with Crippen LogP contribution in [-0.2, 0) is 5.41 Å². The minimum Gasteiger partial charge on any atom is -0.456 e. The van der Waals surface area contributed by atoms with Gasteiger partial charge in [-0.2, -0.15) is 0 Å². The van der Waals surface area contributed by atoms with Crippen molar-refractivity contribution in [2.45, 2.75) is 5.41 Å². The Balaban J connectivity index is 1.12. The predicted molar refractivity (Wildman–Crippen MR) is 227 cm³/mol. The molecule has 1 aliphatic carbocycles. The zero-order valence-electron chi connectivity index (χ0n) is 30.1. The van der Waals surface area contributed by atoms with Gasteiger partial charge in [-0.05, 0) is 80.6 Å². The van der Waals surface area contributed by atoms with Crippen LogP contribution in [0.2, 0.25) is 0 Å². The van der Waals surface area contributed by atoms with Gasteiger partial charge in [-0.1, -0.05) is 176 Å². The van der Waals surface area contributed by atoms with Crippen molar-refractivity contribution in [3.63, 3.8) is 0 Å². The number of fused-ring (bicyclic) bond motifs is 10. The van der Waals surface area contributed by atoms with Gasteiger partial charge < -0.3 is 9.64 Å². The van der Waals surface area contributed by atoms with E-state index in [2.05, 4.69) is 217 Å². The number of hydrogen-bond donors (Lipinski definition) is 0. The second-order valence-corrected chi connectivity index (χ2v) is 14.4. The molecule has 0 atom stereocenters. The van der Waals surface area contributed by atoms with Crippen molar-refractivity contribution in [2.24, 2.45) is 0 Å². The van der Waals surface area contributed by atoms with Crippen LogP contribution in [0.15, 0.2) is 212 Å². The zero-order chi connectivity index (χ0) is 36.3. The van der Waals surface area contributed by atoms with Crippen molar-refractivity contribution in [3.8, 4) is 44.9 Å². The van der Waals surface area contributed by atoms with E-state index in [1.54, 1.807) is 0 Å². The van der Waals surface area contributed by atoms with E-state index in [4.69, 9.17) is 4.74 Å². The average molecular weight is 702 g/mol. The summed E-state index contributed by atoms with van der Waals surface area (Å²) in [5.74, 6) is 1.77. The topological polar surface area (TPSA) is 12.5 Å². The quantitative estimate of drug-likeness (QED) is 0.177. The highest BCUT2D eigenvalue weighted by molar-refractivity contribution is 5.98. The standard InChI is InChI=1S/C53H35NO/c1-2-18-38(19-3-1)54(39-34-32-37(33-35-39)41-24-14-17-36-16-4-5-20-40(36)41)50-30-12-8-23-44(50)45-25-15-29-49-52(45)55-51-31-13-11-28-48(51)53(49)46-26-9-6-21-42(46)43-22-7-10-27-47(43)53/h1-35H. The third-order valence-electron chi connectivity index (χ3n) is 11.6. The molecular weight excluding hydrogens is 667 g/mol. The molecule has 2 nitrogen and oxygen atoms in total. The summed E-state index contributed by atoms with van der Waals surface area (Å²) >= 11 is 0. The molecule has 9 aromatic carbocycles. The van der Waals surface area contributed by atoms with Gasteiger partial charge in [-0.25, -0.2) is 0 Å². The normalized spacial score (nSPS) is 13.0. The third-order valence-corrected chi connectivity index (χ3v) is 11.6. The molecule has 258 valence electrons. The van der Waals surface area contributed by atoms with Crippen molar-refractivity contribution >= 4 is 27.8 Å². The van der Waals surface area contributed by atoms with Gasteiger partial charge in [-0.3, -0.25) is 0 Å². The third kappa shape index (κ3) is 4.68. The Labute approximate surface area is 321 Å². The van der Waals surface area contributed by atoms with E-state index in [9.17, 15) is 0 Å². The number of anilines is 3. The molecule has 0 saturated heterocycles. The zero-order valence-corrected chi connectivity index (χ0v) is 30.1. The minimum atomic E-state index is -0.529. The van der Waals surface area contributed by atoms with Crippen LogP contribution in [0.1, 0.15) is 22.3 Å². The van der Waals surface area contributed by atoms with E-state index in [0.717, 1.165) is 45.3 Å². The lowest BCUT2D eigenvalue weighted by atomic mass is 9.65. The van der Waals surface area contributed by atoms with E-state index < -0.39 is 5.41 Å². The fraction of sp³-hybridized carbons (Fsp3) is 0.0189. The highest BCUT2D eigenvalue weighted by atomic mass is 16.5. The van der Waals surface area contributed by atoms with Crippen LogP contribution in [0.4, 0.5) is 17.1 Å². The van der Waals surface area contributed by atoms with Crippen molar-refractivity contribution in [3.05, 3.63) is 235 Å². The summed E-state index contributed by atoms with van der Waals surface area (Å²) in [5, 5.41) is 2.50. The molecule has 0 unspecified atom stereocenters. The Kier molecular flexibility index (Phi) is 7.11. The molecule has 0 radical (unpaired) electrons. The monoisotopic (exact) mass is 701 g/mol. The van der Waals surface area contributed by atoms with Gasteiger partial charge in [-0.15, -0.1) is 0 Å². The lowest BCUT2D eigenvalue weighted by Gasteiger charge is -2.40. The first-order valence-electron chi connectivity index (χ1n) is 18.9. The summed E-state index contributed by atoms with van der Waals surface area (Å²) in [5.41, 5.74) is 14.7. The SMILES string of the molecule is c1ccc(N(c2ccc(-c3cccc4ccccc34)cc2)c2ccccc2-c2cccc3c2Oc2ccccc2C32c3ccccc3-c3ccccc32)cc1. The number of ether oxygens (including phenoxy) is 1. The Bertz CT molecular complexity index is 2860. The second-order valence-electron chi connectivity index (χ2n) is 14.4. The Morgan fingerprint density at radius 2 is 0.873 bits per heavy atom. The van der Waals surface area contributed by atoms with Crippen molar-refractivity contribution in [1.82, 2.24) is 0 Å². The molecule has 11 rings (SSSR count). The van der Waals surface area contributed by atoms with E-state index >= 15 is 0 Å². The number of rotatable bonds is 5. The van der Waals surface area contributed by atoms with Gasteiger partial charge in [0.2, 0.25) is 0 Å². The molecule has 2 aliphatic rings. The first-order chi connectivity index (χ1) is 27.3. The Morgan fingerprint density at radius 3 is 1.65 bits per heavy atom. The predicted octanol–water partition coefficient (Wildman–Crippen LogP) is 14.1. The molecule has 0 aromatic heterocycles. The second kappa shape index (κ2) is 12.5. The molecule has 0 amide bonds. The van der Waals surface area contributed by atoms with Crippen LogP contribution in [0.3, 0.4) is 0 Å². The van der Waals surface area contributed by atoms with Crippen LogP contribution in [-0.4, -0.2) is 0 Å². The van der Waals surface area contributed by atoms with Crippen molar-refractivity contribution in [2.75, 3.05) is 4.90 Å². The van der Waals surface area contributed by atoms with Crippen LogP contribution in [0.25, 0.3) is 44.2 Å². The highest BCUT2D eigenvalue weighted by Crippen LogP contribution is 2.63. The molecule has 1 aliphatic heterocycles. The lowest BCUT2D eigenvalue weighted by molar-refractivity contribution is 0.438. The van der Waals surface area contributed by atoms with Crippen LogP contribution >= 0.6 is 0 Å².